The van der Waals surface area contributed by atoms with E-state index in [-0.39, 0.29) is 12.6 Å². The van der Waals surface area contributed by atoms with Gasteiger partial charge in [-0.25, -0.2) is 4.79 Å². The van der Waals surface area contributed by atoms with E-state index in [4.69, 9.17) is 4.52 Å². The molecular weight excluding hydrogens is 305 g/mol. The maximum Gasteiger partial charge on any atom is 0.333 e. The number of carboxylic acid groups (broad SMARTS) is 1. The number of nitrogens with zero attached hydrogens (tertiary/aromatic N) is 1. The van der Waals surface area contributed by atoms with Gasteiger partial charge in [-0.3, -0.25) is 14.1 Å². The van der Waals surface area contributed by atoms with Crippen LogP contribution in [0.15, 0.2) is 54.7 Å². The number of aliphatic carboxylic acids is 1. The predicted molar refractivity (Wildman–Crippen MR) is 80.4 cm³/mol. The highest BCUT2D eigenvalue weighted by Crippen LogP contribution is 2.47. The Labute approximate surface area is 127 Å². The Balaban J connectivity index is 2.06. The maximum atomic E-state index is 12.1. The molecule has 2 N–H and O–H groups in total. The minimum Gasteiger partial charge on any atom is -0.479 e. The van der Waals surface area contributed by atoms with Gasteiger partial charge in [-0.15, -0.1) is 0 Å². The highest BCUT2D eigenvalue weighted by atomic mass is 31.2. The Morgan fingerprint density at radius 1 is 1.18 bits per heavy atom. The lowest BCUT2D eigenvalue weighted by molar-refractivity contribution is -0.145. The first-order chi connectivity index (χ1) is 10.5. The molecule has 0 saturated carbocycles. The quantitative estimate of drug-likeness (QED) is 0.761. The van der Waals surface area contributed by atoms with Crippen molar-refractivity contribution in [3.05, 3.63) is 66.0 Å². The first-order valence-electron chi connectivity index (χ1n) is 6.63. The highest BCUT2D eigenvalue weighted by Gasteiger charge is 2.30. The molecule has 7 heteroatoms. The minimum absolute atomic E-state index is 0.0739. The fraction of sp³-hybridized carbons (Fsp3) is 0.200. The summed E-state index contributed by atoms with van der Waals surface area (Å²) in [6.45, 7) is 0. The van der Waals surface area contributed by atoms with E-state index < -0.39 is 19.7 Å². The van der Waals surface area contributed by atoms with Crippen LogP contribution in [0.25, 0.3) is 0 Å². The molecule has 2 aromatic rings. The van der Waals surface area contributed by atoms with Crippen molar-refractivity contribution < 1.29 is 23.9 Å². The molecule has 116 valence electrons. The topological polar surface area (TPSA) is 96.7 Å². The van der Waals surface area contributed by atoms with Gasteiger partial charge in [0, 0.05) is 18.3 Å². The van der Waals surface area contributed by atoms with Crippen LogP contribution in [0.4, 0.5) is 0 Å². The van der Waals surface area contributed by atoms with Gasteiger partial charge < -0.3 is 10.00 Å². The molecule has 22 heavy (non-hydrogen) atoms. The molecule has 0 saturated heterocycles. The van der Waals surface area contributed by atoms with Crippen LogP contribution in [0, 0.1) is 0 Å². The first kappa shape index (κ1) is 16.4. The van der Waals surface area contributed by atoms with Gasteiger partial charge >= 0.3 is 13.6 Å². The molecule has 0 fully saturated rings. The Bertz CT molecular complexity index is 662. The molecule has 0 aliphatic rings. The number of carboxylic acids is 1. The summed E-state index contributed by atoms with van der Waals surface area (Å²) >= 11 is 0. The third kappa shape index (κ3) is 5.07. The van der Waals surface area contributed by atoms with E-state index in [0.29, 0.717) is 11.3 Å². The number of benzene rings is 1. The highest BCUT2D eigenvalue weighted by molar-refractivity contribution is 7.52. The SMILES string of the molecule is O=C(O)C(Cc1ccccn1)OP(=O)(O)Cc1ccccc1. The first-order valence-corrected chi connectivity index (χ1v) is 8.39. The zero-order valence-corrected chi connectivity index (χ0v) is 12.6. The summed E-state index contributed by atoms with van der Waals surface area (Å²) in [4.78, 5) is 25.2. The average molecular weight is 321 g/mol. The van der Waals surface area contributed by atoms with Crippen molar-refractivity contribution in [3.63, 3.8) is 0 Å². The predicted octanol–water partition coefficient (Wildman–Crippen LogP) is 2.48. The largest absolute Gasteiger partial charge is 0.479 e. The van der Waals surface area contributed by atoms with Crippen molar-refractivity contribution in [3.8, 4) is 0 Å². The zero-order valence-electron chi connectivity index (χ0n) is 11.7. The van der Waals surface area contributed by atoms with E-state index in [0.717, 1.165) is 0 Å². The maximum absolute atomic E-state index is 12.1. The van der Waals surface area contributed by atoms with Crippen molar-refractivity contribution in [1.82, 2.24) is 4.98 Å². The standard InChI is InChI=1S/C15H16NO5P/c17-15(18)14(10-13-8-4-5-9-16-13)21-22(19,20)11-12-6-2-1-3-7-12/h1-9,14H,10-11H2,(H,17,18)(H,19,20). The molecule has 0 spiro atoms. The van der Waals surface area contributed by atoms with Crippen LogP contribution in [-0.4, -0.2) is 27.1 Å². The molecule has 2 unspecified atom stereocenters. The Morgan fingerprint density at radius 2 is 1.86 bits per heavy atom. The fourth-order valence-corrected chi connectivity index (χ4v) is 3.24. The van der Waals surface area contributed by atoms with E-state index in [1.165, 1.54) is 6.20 Å². The molecule has 0 aliphatic carbocycles. The number of aromatic nitrogens is 1. The summed E-state index contributed by atoms with van der Waals surface area (Å²) < 4.78 is 17.1. The molecule has 1 aromatic heterocycles. The van der Waals surface area contributed by atoms with Gasteiger partial charge in [0.2, 0.25) is 0 Å². The number of pyridine rings is 1. The summed E-state index contributed by atoms with van der Waals surface area (Å²) in [6, 6.07) is 13.7. The molecule has 0 aliphatic heterocycles. The van der Waals surface area contributed by atoms with Crippen LogP contribution in [0.1, 0.15) is 11.3 Å². The fourth-order valence-electron chi connectivity index (χ4n) is 1.93. The third-order valence-corrected chi connectivity index (χ3v) is 4.26. The number of hydrogen-bond acceptors (Lipinski definition) is 4. The lowest BCUT2D eigenvalue weighted by Gasteiger charge is -2.18. The molecule has 1 heterocycles. The smallest absolute Gasteiger partial charge is 0.333 e. The van der Waals surface area contributed by atoms with Gasteiger partial charge in [-0.2, -0.15) is 0 Å². The van der Waals surface area contributed by atoms with Gasteiger partial charge in [0.05, 0.1) is 6.16 Å². The van der Waals surface area contributed by atoms with Gasteiger partial charge in [-0.05, 0) is 17.7 Å². The van der Waals surface area contributed by atoms with Crippen LogP contribution in [0.3, 0.4) is 0 Å². The summed E-state index contributed by atoms with van der Waals surface area (Å²) in [5.74, 6) is -1.30. The Kier molecular flexibility index (Phi) is 5.44. The van der Waals surface area contributed by atoms with E-state index in [2.05, 4.69) is 4.98 Å². The number of carbonyl (C=O) groups is 1. The zero-order chi connectivity index (χ0) is 16.0. The molecule has 0 bridgehead atoms. The van der Waals surface area contributed by atoms with Crippen molar-refractivity contribution in [2.75, 3.05) is 0 Å². The van der Waals surface area contributed by atoms with Crippen LogP contribution in [0.2, 0.25) is 0 Å². The third-order valence-electron chi connectivity index (χ3n) is 2.91. The molecule has 0 radical (unpaired) electrons. The van der Waals surface area contributed by atoms with E-state index in [1.807, 2.05) is 0 Å². The summed E-state index contributed by atoms with van der Waals surface area (Å²) in [7, 11) is -4.07. The molecule has 1 aromatic carbocycles. The van der Waals surface area contributed by atoms with Crippen molar-refractivity contribution in [1.29, 1.82) is 0 Å². The lowest BCUT2D eigenvalue weighted by Crippen LogP contribution is -2.26. The molecule has 0 amide bonds. The molecule has 2 rings (SSSR count). The van der Waals surface area contributed by atoms with Crippen molar-refractivity contribution >= 4 is 13.6 Å². The van der Waals surface area contributed by atoms with Gasteiger partial charge in [-0.1, -0.05) is 36.4 Å². The van der Waals surface area contributed by atoms with Crippen molar-refractivity contribution in [2.45, 2.75) is 18.7 Å². The molecular formula is C15H16NO5P. The monoisotopic (exact) mass is 321 g/mol. The van der Waals surface area contributed by atoms with Gasteiger partial charge in [0.1, 0.15) is 0 Å². The van der Waals surface area contributed by atoms with E-state index in [1.54, 1.807) is 48.5 Å². The van der Waals surface area contributed by atoms with Gasteiger partial charge in [0.25, 0.3) is 0 Å². The second-order valence-corrected chi connectivity index (χ2v) is 6.54. The summed E-state index contributed by atoms with van der Waals surface area (Å²) in [5.41, 5.74) is 1.09. The molecule has 2 atom stereocenters. The van der Waals surface area contributed by atoms with E-state index >= 15 is 0 Å². The second kappa shape index (κ2) is 7.31. The average Bonchev–Trinajstić information content (AvgIpc) is 2.48. The van der Waals surface area contributed by atoms with Crippen LogP contribution in [0.5, 0.6) is 0 Å². The summed E-state index contributed by atoms with van der Waals surface area (Å²) in [6.07, 6.45) is -0.207. The van der Waals surface area contributed by atoms with Gasteiger partial charge in [0.15, 0.2) is 6.10 Å². The normalized spacial score (nSPS) is 15.0. The minimum atomic E-state index is -4.07. The van der Waals surface area contributed by atoms with Crippen molar-refractivity contribution in [2.24, 2.45) is 0 Å². The summed E-state index contributed by atoms with van der Waals surface area (Å²) in [5, 5.41) is 9.18. The number of rotatable bonds is 7. The lowest BCUT2D eigenvalue weighted by atomic mass is 10.2. The Morgan fingerprint density at radius 3 is 2.45 bits per heavy atom. The van der Waals surface area contributed by atoms with Crippen LogP contribution >= 0.6 is 7.60 Å². The Hall–Kier alpha value is -2.01. The molecule has 6 nitrogen and oxygen atoms in total. The van der Waals surface area contributed by atoms with Crippen LogP contribution < -0.4 is 0 Å². The second-order valence-electron chi connectivity index (χ2n) is 4.74. The van der Waals surface area contributed by atoms with E-state index in [9.17, 15) is 19.4 Å². The number of hydrogen-bond donors (Lipinski definition) is 2. The van der Waals surface area contributed by atoms with Crippen LogP contribution in [-0.2, 0) is 26.5 Å².